The Kier molecular flexibility index (Phi) is 3.74. The Morgan fingerprint density at radius 1 is 1.36 bits per heavy atom. The maximum Gasteiger partial charge on any atom is 0.252 e. The van der Waals surface area contributed by atoms with Gasteiger partial charge >= 0.3 is 0 Å². The van der Waals surface area contributed by atoms with Crippen LogP contribution in [-0.4, -0.2) is 44.0 Å². The first-order chi connectivity index (χ1) is 10.5. The van der Waals surface area contributed by atoms with Crippen molar-refractivity contribution in [1.82, 2.24) is 10.3 Å². The molecule has 0 spiro atoms. The number of pyridine rings is 1. The van der Waals surface area contributed by atoms with E-state index in [0.717, 1.165) is 0 Å². The Balaban J connectivity index is 1.90. The van der Waals surface area contributed by atoms with Gasteiger partial charge in [0.25, 0.3) is 5.91 Å². The number of aromatic nitrogens is 1. The maximum absolute atomic E-state index is 12.5. The van der Waals surface area contributed by atoms with Crippen molar-refractivity contribution in [2.24, 2.45) is 0 Å². The van der Waals surface area contributed by atoms with Gasteiger partial charge in [-0.05, 0) is 30.7 Å². The summed E-state index contributed by atoms with van der Waals surface area (Å²) in [7, 11) is -1.47. The smallest absolute Gasteiger partial charge is 0.252 e. The van der Waals surface area contributed by atoms with E-state index in [9.17, 15) is 13.2 Å². The highest BCUT2D eigenvalue weighted by molar-refractivity contribution is 7.91. The summed E-state index contributed by atoms with van der Waals surface area (Å²) in [5, 5.41) is 3.47. The first-order valence-electron chi connectivity index (χ1n) is 6.92. The topological polar surface area (TPSA) is 85.4 Å². The molecule has 1 atom stereocenters. The van der Waals surface area contributed by atoms with E-state index >= 15 is 0 Å². The summed E-state index contributed by atoms with van der Waals surface area (Å²) >= 11 is 0. The highest BCUT2D eigenvalue weighted by Gasteiger charge is 2.29. The van der Waals surface area contributed by atoms with Gasteiger partial charge in [0.05, 0.1) is 29.7 Å². The van der Waals surface area contributed by atoms with Crippen LogP contribution < -0.4 is 10.1 Å². The van der Waals surface area contributed by atoms with Crippen LogP contribution in [0.25, 0.3) is 10.9 Å². The van der Waals surface area contributed by atoms with E-state index < -0.39 is 9.84 Å². The quantitative estimate of drug-likeness (QED) is 0.917. The molecule has 2 heterocycles. The van der Waals surface area contributed by atoms with Crippen LogP contribution in [0, 0.1) is 0 Å². The van der Waals surface area contributed by atoms with Crippen LogP contribution in [0.15, 0.2) is 30.5 Å². The summed E-state index contributed by atoms with van der Waals surface area (Å²) in [6, 6.07) is 6.61. The van der Waals surface area contributed by atoms with E-state index in [2.05, 4.69) is 10.3 Å². The minimum atomic E-state index is -3.02. The van der Waals surface area contributed by atoms with Crippen molar-refractivity contribution in [3.05, 3.63) is 36.0 Å². The van der Waals surface area contributed by atoms with Gasteiger partial charge in [-0.1, -0.05) is 0 Å². The van der Waals surface area contributed by atoms with Crippen LogP contribution in [0.1, 0.15) is 16.8 Å². The summed E-state index contributed by atoms with van der Waals surface area (Å²) in [5.74, 6) is 0.481. The van der Waals surface area contributed by atoms with E-state index in [1.807, 2.05) is 0 Å². The Bertz CT molecular complexity index is 833. The SMILES string of the molecule is COc1ccc2nccc(C(=O)NC3CCS(=O)(=O)C3)c2c1. The largest absolute Gasteiger partial charge is 0.497 e. The summed E-state index contributed by atoms with van der Waals surface area (Å²) < 4.78 is 28.1. The average Bonchev–Trinajstić information content (AvgIpc) is 2.84. The molecule has 0 radical (unpaired) electrons. The van der Waals surface area contributed by atoms with Crippen LogP contribution in [0.4, 0.5) is 0 Å². The van der Waals surface area contributed by atoms with E-state index in [0.29, 0.717) is 28.6 Å². The molecule has 1 fully saturated rings. The number of carbonyl (C=O) groups is 1. The number of methoxy groups -OCH3 is 1. The molecule has 0 saturated carbocycles. The van der Waals surface area contributed by atoms with Gasteiger partial charge in [-0.15, -0.1) is 0 Å². The third kappa shape index (κ3) is 2.89. The molecule has 1 aliphatic rings. The van der Waals surface area contributed by atoms with Crippen molar-refractivity contribution in [3.8, 4) is 5.75 Å². The second kappa shape index (κ2) is 5.57. The molecule has 7 heteroatoms. The van der Waals surface area contributed by atoms with Crippen LogP contribution in [0.3, 0.4) is 0 Å². The fourth-order valence-electron chi connectivity index (χ4n) is 2.62. The lowest BCUT2D eigenvalue weighted by Crippen LogP contribution is -2.35. The van der Waals surface area contributed by atoms with Gasteiger partial charge in [0.2, 0.25) is 0 Å². The first kappa shape index (κ1) is 14.8. The second-order valence-corrected chi connectivity index (χ2v) is 7.54. The highest BCUT2D eigenvalue weighted by atomic mass is 32.2. The number of sulfone groups is 1. The van der Waals surface area contributed by atoms with Crippen molar-refractivity contribution in [2.75, 3.05) is 18.6 Å². The molecule has 2 aromatic rings. The molecule has 22 heavy (non-hydrogen) atoms. The van der Waals surface area contributed by atoms with Gasteiger partial charge in [-0.25, -0.2) is 8.42 Å². The molecule has 3 rings (SSSR count). The Morgan fingerprint density at radius 2 is 2.18 bits per heavy atom. The molecule has 1 N–H and O–H groups in total. The van der Waals surface area contributed by atoms with Crippen LogP contribution in [-0.2, 0) is 9.84 Å². The number of amides is 1. The van der Waals surface area contributed by atoms with Crippen molar-refractivity contribution in [2.45, 2.75) is 12.5 Å². The number of ether oxygens (including phenoxy) is 1. The standard InChI is InChI=1S/C15H16N2O4S/c1-21-11-2-3-14-13(8-11)12(4-6-16-14)15(18)17-10-5-7-22(19,20)9-10/h2-4,6,8,10H,5,7,9H2,1H3,(H,17,18). The van der Waals surface area contributed by atoms with Gasteiger partial charge < -0.3 is 10.1 Å². The number of hydrogen-bond donors (Lipinski definition) is 1. The number of fused-ring (bicyclic) bond motifs is 1. The zero-order valence-corrected chi connectivity index (χ0v) is 12.9. The predicted octanol–water partition coefficient (Wildman–Crippen LogP) is 1.16. The molecule has 1 aromatic carbocycles. The lowest BCUT2D eigenvalue weighted by Gasteiger charge is -2.12. The van der Waals surface area contributed by atoms with Gasteiger partial charge in [-0.2, -0.15) is 0 Å². The number of nitrogens with one attached hydrogen (secondary N) is 1. The van der Waals surface area contributed by atoms with Gasteiger partial charge in [0, 0.05) is 17.6 Å². The zero-order valence-electron chi connectivity index (χ0n) is 12.1. The monoisotopic (exact) mass is 320 g/mol. The summed E-state index contributed by atoms with van der Waals surface area (Å²) in [5.41, 5.74) is 1.15. The maximum atomic E-state index is 12.5. The fourth-order valence-corrected chi connectivity index (χ4v) is 4.30. The van der Waals surface area contributed by atoms with E-state index in [-0.39, 0.29) is 23.5 Å². The fraction of sp³-hybridized carbons (Fsp3) is 0.333. The molecule has 116 valence electrons. The van der Waals surface area contributed by atoms with E-state index in [1.54, 1.807) is 37.6 Å². The predicted molar refractivity (Wildman–Crippen MR) is 82.8 cm³/mol. The summed E-state index contributed by atoms with van der Waals surface area (Å²) in [4.78, 5) is 16.7. The molecule has 1 amide bonds. The van der Waals surface area contributed by atoms with Crippen molar-refractivity contribution in [3.63, 3.8) is 0 Å². The molecular weight excluding hydrogens is 304 g/mol. The minimum Gasteiger partial charge on any atom is -0.497 e. The van der Waals surface area contributed by atoms with Gasteiger partial charge in [0.15, 0.2) is 9.84 Å². The van der Waals surface area contributed by atoms with E-state index in [1.165, 1.54) is 0 Å². The summed E-state index contributed by atoms with van der Waals surface area (Å²) in [6.45, 7) is 0. The Labute approximate surface area is 128 Å². The zero-order chi connectivity index (χ0) is 15.7. The number of nitrogens with zero attached hydrogens (tertiary/aromatic N) is 1. The van der Waals surface area contributed by atoms with Gasteiger partial charge in [0.1, 0.15) is 5.75 Å². The molecule has 0 bridgehead atoms. The number of rotatable bonds is 3. The van der Waals surface area contributed by atoms with Crippen molar-refractivity contribution >= 4 is 26.6 Å². The number of hydrogen-bond acceptors (Lipinski definition) is 5. The molecule has 0 aliphatic carbocycles. The van der Waals surface area contributed by atoms with Crippen LogP contribution >= 0.6 is 0 Å². The highest BCUT2D eigenvalue weighted by Crippen LogP contribution is 2.23. The Hall–Kier alpha value is -2.15. The van der Waals surface area contributed by atoms with Crippen LogP contribution in [0.2, 0.25) is 0 Å². The first-order valence-corrected chi connectivity index (χ1v) is 8.75. The number of benzene rings is 1. The third-order valence-corrected chi connectivity index (χ3v) is 5.53. The Morgan fingerprint density at radius 3 is 2.86 bits per heavy atom. The molecule has 1 saturated heterocycles. The second-order valence-electron chi connectivity index (χ2n) is 5.32. The molecular formula is C15H16N2O4S. The number of carbonyl (C=O) groups excluding carboxylic acids is 1. The lowest BCUT2D eigenvalue weighted by atomic mass is 10.1. The normalized spacial score (nSPS) is 20.0. The molecule has 1 unspecified atom stereocenters. The van der Waals surface area contributed by atoms with E-state index in [4.69, 9.17) is 4.74 Å². The lowest BCUT2D eigenvalue weighted by molar-refractivity contribution is 0.0943. The average molecular weight is 320 g/mol. The third-order valence-electron chi connectivity index (χ3n) is 3.76. The van der Waals surface area contributed by atoms with Crippen molar-refractivity contribution in [1.29, 1.82) is 0 Å². The minimum absolute atomic E-state index is 0.00504. The van der Waals surface area contributed by atoms with Gasteiger partial charge in [-0.3, -0.25) is 9.78 Å². The molecule has 1 aromatic heterocycles. The summed E-state index contributed by atoms with van der Waals surface area (Å²) in [6.07, 6.45) is 2.02. The molecule has 1 aliphatic heterocycles. The molecule has 6 nitrogen and oxygen atoms in total. The van der Waals surface area contributed by atoms with Crippen molar-refractivity contribution < 1.29 is 17.9 Å². The van der Waals surface area contributed by atoms with Crippen LogP contribution in [0.5, 0.6) is 5.75 Å².